The van der Waals surface area contributed by atoms with Gasteiger partial charge in [-0.1, -0.05) is 269 Å². The summed E-state index contributed by atoms with van der Waals surface area (Å²) in [7, 11) is -4.78. The molecule has 5 rings (SSSR count). The zero-order valence-corrected chi connectivity index (χ0v) is 48.2. The molecule has 60 heavy (non-hydrogen) atoms. The van der Waals surface area contributed by atoms with Crippen LogP contribution in [-0.2, 0) is 0 Å². The van der Waals surface area contributed by atoms with Crippen molar-refractivity contribution in [1.82, 2.24) is 0 Å². The second kappa shape index (κ2) is 30.8. The van der Waals surface area contributed by atoms with E-state index in [0.717, 1.165) is 39.9 Å². The van der Waals surface area contributed by atoms with E-state index < -0.39 is 30.4 Å². The predicted molar refractivity (Wildman–Crippen MR) is 274 cm³/mol. The van der Waals surface area contributed by atoms with Crippen molar-refractivity contribution in [3.05, 3.63) is 47.6 Å². The summed E-state index contributed by atoms with van der Waals surface area (Å²) in [5.41, 5.74) is 7.05. The first-order valence-electron chi connectivity index (χ1n) is 25.9. The van der Waals surface area contributed by atoms with Crippen molar-refractivity contribution in [3.8, 4) is 0 Å². The molecule has 0 amide bonds. The van der Waals surface area contributed by atoms with E-state index in [2.05, 4.69) is 123 Å². The largest absolute Gasteiger partial charge is 1.00 e. The van der Waals surface area contributed by atoms with Crippen LogP contribution < -0.4 is 56.6 Å². The summed E-state index contributed by atoms with van der Waals surface area (Å²) in [6.45, 7) is 33.5. The molecule has 0 spiro atoms. The van der Waals surface area contributed by atoms with Crippen LogP contribution in [0.15, 0.2) is 47.6 Å². The van der Waals surface area contributed by atoms with Gasteiger partial charge >= 0.3 is 56.6 Å². The minimum absolute atomic E-state index is 0. The van der Waals surface area contributed by atoms with Crippen LogP contribution in [0.5, 0.6) is 0 Å². The zero-order valence-electron chi connectivity index (χ0n) is 44.2. The Morgan fingerprint density at radius 3 is 1.08 bits per heavy atom. The van der Waals surface area contributed by atoms with Gasteiger partial charge in [0.15, 0.2) is 0 Å². The van der Waals surface area contributed by atoms with Gasteiger partial charge in [-0.15, -0.1) is 0 Å². The van der Waals surface area contributed by atoms with Crippen molar-refractivity contribution >= 4 is 30.4 Å². The summed E-state index contributed by atoms with van der Waals surface area (Å²) >= 11 is 0. The van der Waals surface area contributed by atoms with Gasteiger partial charge in [-0.25, -0.2) is 0 Å². The SMILES string of the molecule is CCCCC1=CC([Si](C)(C)[Si](C)(C)C2C=CC(CCCC)=C2)C=C1.CCCCC1CCC([Si](C)(C)[Si](C)(C)C2CCC(CCCC)C2)C1.CCCCC1CCCC1.[Li+].[Li+].[Li+]. The predicted octanol–water partition coefficient (Wildman–Crippen LogP) is 10.2. The van der Waals surface area contributed by atoms with Gasteiger partial charge in [-0.2, -0.15) is 0 Å². The van der Waals surface area contributed by atoms with Crippen molar-refractivity contribution in [3.63, 3.8) is 0 Å². The fourth-order valence-corrected chi connectivity index (χ4v) is 35.8. The van der Waals surface area contributed by atoms with Crippen LogP contribution in [0.4, 0.5) is 0 Å². The van der Waals surface area contributed by atoms with Crippen LogP contribution in [0.2, 0.25) is 74.5 Å². The molecule has 0 aromatic carbocycles. The van der Waals surface area contributed by atoms with Gasteiger partial charge in [0.2, 0.25) is 0 Å². The topological polar surface area (TPSA) is 0 Å². The first kappa shape index (κ1) is 61.6. The fraction of sp³-hybridized carbons (Fsp3) is 0.849. The second-order valence-corrected chi connectivity index (χ2v) is 54.9. The molecule has 7 heteroatoms. The third kappa shape index (κ3) is 18.0. The average Bonchev–Trinajstić information content (AvgIpc) is 4.05. The molecule has 0 aromatic rings. The van der Waals surface area contributed by atoms with Gasteiger partial charge in [-0.3, -0.25) is 0 Å². The van der Waals surface area contributed by atoms with E-state index in [1.165, 1.54) is 122 Å². The Labute approximate surface area is 418 Å². The molecular formula is C53H102Li3Si4+3. The van der Waals surface area contributed by atoms with Gasteiger partial charge in [0, 0.05) is 15.2 Å². The molecule has 0 saturated heterocycles. The molecular weight excluding hydrogens is 770 g/mol. The van der Waals surface area contributed by atoms with E-state index in [0.29, 0.717) is 0 Å². The van der Waals surface area contributed by atoms with Gasteiger partial charge in [-0.05, 0) is 65.6 Å². The van der Waals surface area contributed by atoms with E-state index in [-0.39, 0.29) is 56.6 Å². The maximum Gasteiger partial charge on any atom is 1.00 e. The van der Waals surface area contributed by atoms with E-state index in [9.17, 15) is 0 Å². The molecule has 0 N–H and O–H groups in total. The van der Waals surface area contributed by atoms with E-state index in [1.54, 1.807) is 49.7 Å². The maximum absolute atomic E-state index is 2.82. The number of allylic oxidation sites excluding steroid dienone is 8. The maximum atomic E-state index is 2.82. The molecule has 0 aromatic heterocycles. The van der Waals surface area contributed by atoms with Crippen LogP contribution in [0.3, 0.4) is 0 Å². The normalized spacial score (nSPS) is 25.4. The Balaban J connectivity index is 0.000000924. The monoisotopic (exact) mass is 872 g/mol. The molecule has 3 saturated carbocycles. The summed E-state index contributed by atoms with van der Waals surface area (Å²) in [4.78, 5) is 0. The smallest absolute Gasteiger partial charge is 0.0803 e. The fourth-order valence-electron chi connectivity index (χ4n) is 11.8. The molecule has 0 bridgehead atoms. The van der Waals surface area contributed by atoms with Gasteiger partial charge in [0.1, 0.15) is 0 Å². The summed E-state index contributed by atoms with van der Waals surface area (Å²) < 4.78 is 0. The summed E-state index contributed by atoms with van der Waals surface area (Å²) in [6.07, 6.45) is 51.8. The summed E-state index contributed by atoms with van der Waals surface area (Å²) in [5, 5.41) is 0. The average molecular weight is 873 g/mol. The Hall–Kier alpha value is 1.62. The van der Waals surface area contributed by atoms with Crippen LogP contribution in [0, 0.1) is 17.8 Å². The summed E-state index contributed by atoms with van der Waals surface area (Å²) in [5.74, 6) is 3.30. The Morgan fingerprint density at radius 1 is 0.417 bits per heavy atom. The Bertz CT molecular complexity index is 1170. The standard InChI is InChI=1S/C22H46Si2.C22H38Si2.C9H18.3Li/c2*1-7-9-11-19-13-15-21(17-19)23(3,4)24(5,6)22-16-14-20(18-22)12-10-8-2;1-2-3-6-9-7-4-5-8-9;;;/h19-22H,7-18H2,1-6H3;13-18,21-22H,7-12H2,1-6H3;9H,2-8H2,1H3;;;/q;;;3*+1. The zero-order chi connectivity index (χ0) is 42.1. The molecule has 0 radical (unpaired) electrons. The molecule has 0 aliphatic heterocycles. The number of unbranched alkanes of at least 4 members (excludes halogenated alkanes) is 5. The van der Waals surface area contributed by atoms with Crippen LogP contribution >= 0.6 is 0 Å². The quantitative estimate of drug-likeness (QED) is 0.101. The van der Waals surface area contributed by atoms with Gasteiger partial charge in [0.05, 0.1) is 15.2 Å². The van der Waals surface area contributed by atoms with Crippen molar-refractivity contribution in [2.75, 3.05) is 0 Å². The molecule has 3 fully saturated rings. The van der Waals surface area contributed by atoms with Crippen molar-refractivity contribution in [2.45, 2.75) is 270 Å². The number of hydrogen-bond acceptors (Lipinski definition) is 0. The Morgan fingerprint density at radius 2 is 0.750 bits per heavy atom. The molecule has 5 aliphatic rings. The minimum atomic E-state index is -1.32. The Kier molecular flexibility index (Phi) is 31.6. The number of hydrogen-bond donors (Lipinski definition) is 0. The third-order valence-corrected chi connectivity index (χ3v) is 58.1. The number of rotatable bonds is 21. The van der Waals surface area contributed by atoms with Crippen molar-refractivity contribution < 1.29 is 56.6 Å². The molecule has 5 aliphatic carbocycles. The second-order valence-electron chi connectivity index (χ2n) is 22.7. The van der Waals surface area contributed by atoms with Crippen LogP contribution in [0.25, 0.3) is 0 Å². The molecule has 330 valence electrons. The molecule has 0 nitrogen and oxygen atoms in total. The summed E-state index contributed by atoms with van der Waals surface area (Å²) in [6, 6.07) is 0. The van der Waals surface area contributed by atoms with Crippen molar-refractivity contribution in [1.29, 1.82) is 0 Å². The molecule has 0 heterocycles. The van der Waals surface area contributed by atoms with E-state index in [1.807, 2.05) is 0 Å². The van der Waals surface area contributed by atoms with Crippen LogP contribution in [-0.4, -0.2) is 30.4 Å². The van der Waals surface area contributed by atoms with Crippen molar-refractivity contribution in [2.24, 2.45) is 17.8 Å². The van der Waals surface area contributed by atoms with Crippen LogP contribution in [0.1, 0.15) is 195 Å². The molecule has 6 atom stereocenters. The minimum Gasteiger partial charge on any atom is -0.0803 e. The van der Waals surface area contributed by atoms with Gasteiger partial charge < -0.3 is 0 Å². The third-order valence-electron chi connectivity index (χ3n) is 17.9. The first-order valence-corrected chi connectivity index (χ1v) is 40.2. The first-order chi connectivity index (χ1) is 27.1. The molecule has 6 unspecified atom stereocenters. The van der Waals surface area contributed by atoms with E-state index >= 15 is 0 Å². The van der Waals surface area contributed by atoms with Gasteiger partial charge in [0.25, 0.3) is 0 Å². The van der Waals surface area contributed by atoms with E-state index in [4.69, 9.17) is 0 Å².